The van der Waals surface area contributed by atoms with E-state index in [2.05, 4.69) is 53.6 Å². The van der Waals surface area contributed by atoms with Crippen molar-refractivity contribution in [3.8, 4) is 0 Å². The molecule has 0 rings (SSSR count). The third-order valence-electron chi connectivity index (χ3n) is 0. The SMILES string of the molecule is C.C.C.C.C.C.C.C.C.C.C.C.C.C.C.C.C.CO.CO.CO.CO.CO.CO.CO.PP.PP.PP.[CH3-].[CH3-].[Y].[Y]. The zero-order valence-corrected chi connectivity index (χ0v) is 29.4. The van der Waals surface area contributed by atoms with Gasteiger partial charge in [-0.05, 0) is 0 Å². The summed E-state index contributed by atoms with van der Waals surface area (Å²) in [5, 5.41) is 49.0. The standard InChI is InChI=1S/7CH4O.17CH4.2CH3.3H4P2.2Y/c7*1-2;;;;;;;;;;;;;;;;;;;;3*1-2;;/h7*2H,1H3;17*1H4;2*1H3;3*1-2H2;;/q;;;;;;;;;;;;;;;;;;;;;;;;2*-1;;;;;. The van der Waals surface area contributed by atoms with E-state index >= 15 is 0 Å². The molecule has 41 heavy (non-hydrogen) atoms. The summed E-state index contributed by atoms with van der Waals surface area (Å²) in [7, 11) is 21.0. The van der Waals surface area contributed by atoms with Gasteiger partial charge in [-0.1, -0.05) is 126 Å². The van der Waals surface area contributed by atoms with E-state index in [4.69, 9.17) is 35.7 Å². The van der Waals surface area contributed by atoms with Crippen molar-refractivity contribution in [2.45, 2.75) is 126 Å². The Balaban J connectivity index is -0.000000000884. The van der Waals surface area contributed by atoms with Gasteiger partial charge >= 0.3 is 0 Å². The molecule has 6 unspecified atom stereocenters. The van der Waals surface area contributed by atoms with Gasteiger partial charge in [0.2, 0.25) is 0 Å². The molecule has 0 heterocycles. The van der Waals surface area contributed by atoms with Gasteiger partial charge in [-0.3, -0.25) is 0 Å². The van der Waals surface area contributed by atoms with Crippen LogP contribution in [0.2, 0.25) is 0 Å². The van der Waals surface area contributed by atoms with Crippen molar-refractivity contribution in [1.82, 2.24) is 0 Å². The zero-order chi connectivity index (χ0) is 20.0. The summed E-state index contributed by atoms with van der Waals surface area (Å²) in [6.45, 7) is 0. The van der Waals surface area contributed by atoms with Gasteiger partial charge in [0.15, 0.2) is 0 Å². The Hall–Kier alpha value is 4.51. The predicted molar refractivity (Wildman–Crippen MR) is 243 cm³/mol. The van der Waals surface area contributed by atoms with Crippen LogP contribution >= 0.6 is 53.6 Å². The fourth-order valence-corrected chi connectivity index (χ4v) is 0. The van der Waals surface area contributed by atoms with Gasteiger partial charge < -0.3 is 50.6 Å². The molecule has 0 aliphatic carbocycles. The van der Waals surface area contributed by atoms with Gasteiger partial charge in [0.05, 0.1) is 0 Å². The van der Waals surface area contributed by atoms with Crippen LogP contribution in [0, 0.1) is 14.9 Å². The minimum Gasteiger partial charge on any atom is -0.400 e. The maximum absolute atomic E-state index is 7.00. The molecule has 6 atom stereocenters. The van der Waals surface area contributed by atoms with Crippen molar-refractivity contribution in [3.63, 3.8) is 0 Å². The molecule has 0 fully saturated rings. The zero-order valence-electron chi connectivity index (χ0n) is 16.7. The molecule has 0 aliphatic heterocycles. The first-order valence-electron chi connectivity index (χ1n) is 4.13. The van der Waals surface area contributed by atoms with E-state index in [9.17, 15) is 0 Å². The van der Waals surface area contributed by atoms with E-state index in [1.807, 2.05) is 0 Å². The number of rotatable bonds is 0. The quantitative estimate of drug-likeness (QED) is 0.0948. The molecule has 0 aromatic carbocycles. The third kappa shape index (κ3) is 3960. The first kappa shape index (κ1) is 428. The van der Waals surface area contributed by atoms with Crippen LogP contribution in [0.4, 0.5) is 0 Å². The summed E-state index contributed by atoms with van der Waals surface area (Å²) in [5.74, 6) is 0. The van der Waals surface area contributed by atoms with Crippen LogP contribution in [0.3, 0.4) is 0 Å². The summed E-state index contributed by atoms with van der Waals surface area (Å²) in [4.78, 5) is 0. The second-order valence-corrected chi connectivity index (χ2v) is 0. The third-order valence-corrected chi connectivity index (χ3v) is 0. The van der Waals surface area contributed by atoms with Crippen molar-refractivity contribution in [3.05, 3.63) is 14.9 Å². The van der Waals surface area contributed by atoms with E-state index in [1.54, 1.807) is 0 Å². The number of aliphatic hydroxyl groups excluding tert-OH is 7. The summed E-state index contributed by atoms with van der Waals surface area (Å²) >= 11 is 0. The fourth-order valence-electron chi connectivity index (χ4n) is 0. The Morgan fingerprint density at radius 2 is 0.195 bits per heavy atom. The van der Waals surface area contributed by atoms with Gasteiger partial charge in [-0.2, -0.15) is 0 Å². The minimum atomic E-state index is 0. The number of aliphatic hydroxyl groups is 7. The largest absolute Gasteiger partial charge is 0.400 e. The molecule has 0 spiro atoms. The molecular weight excluding hydrogens is 788 g/mol. The van der Waals surface area contributed by atoms with Crippen LogP contribution in [0.15, 0.2) is 0 Å². The van der Waals surface area contributed by atoms with Crippen LogP contribution in [0.5, 0.6) is 0 Å². The van der Waals surface area contributed by atoms with Gasteiger partial charge in [0.25, 0.3) is 0 Å². The van der Waals surface area contributed by atoms with Crippen molar-refractivity contribution < 1.29 is 101 Å². The van der Waals surface area contributed by atoms with Gasteiger partial charge in [-0.25, -0.2) is 0 Å². The van der Waals surface area contributed by atoms with Crippen LogP contribution in [-0.4, -0.2) is 85.5 Å². The summed E-state index contributed by atoms with van der Waals surface area (Å²) < 4.78 is 0. The Bertz CT molecular complexity index is 60.3. The Morgan fingerprint density at radius 1 is 0.195 bits per heavy atom. The molecule has 15 heteroatoms. The summed E-state index contributed by atoms with van der Waals surface area (Å²) in [6, 6.07) is 0. The van der Waals surface area contributed by atoms with E-state index in [-0.39, 0.29) is 207 Å². The van der Waals surface area contributed by atoms with Crippen LogP contribution < -0.4 is 0 Å². The van der Waals surface area contributed by atoms with Crippen LogP contribution in [0.25, 0.3) is 0 Å². The van der Waals surface area contributed by atoms with Gasteiger partial charge in [0.1, 0.15) is 0 Å². The smallest absolute Gasteiger partial charge is 0.0319 e. The number of hydrogen-bond donors (Lipinski definition) is 7. The van der Waals surface area contributed by atoms with Gasteiger partial charge in [-0.15, -0.1) is 53.6 Å². The molecule has 0 aromatic heterocycles. The predicted octanol–water partition coefficient (Wildman–Crippen LogP) is 10.9. The molecular formula is C26H114O7P6Y2-2. The number of hydrogen-bond acceptors (Lipinski definition) is 7. The topological polar surface area (TPSA) is 142 Å². The Morgan fingerprint density at radius 3 is 0.195 bits per heavy atom. The maximum atomic E-state index is 7.00. The molecule has 0 aromatic rings. The van der Waals surface area contributed by atoms with E-state index < -0.39 is 0 Å². The fraction of sp³-hybridized carbons (Fsp3) is 0.923. The van der Waals surface area contributed by atoms with Crippen molar-refractivity contribution in [2.24, 2.45) is 0 Å². The molecule has 0 aliphatic rings. The molecule has 0 saturated carbocycles. The summed E-state index contributed by atoms with van der Waals surface area (Å²) in [6.07, 6.45) is 0. The van der Waals surface area contributed by atoms with Crippen molar-refractivity contribution >= 4 is 53.6 Å². The minimum absolute atomic E-state index is 0. The maximum Gasteiger partial charge on any atom is 0.0319 e. The Labute approximate surface area is 342 Å². The van der Waals surface area contributed by atoms with Crippen molar-refractivity contribution in [2.75, 3.05) is 49.8 Å². The second-order valence-electron chi connectivity index (χ2n) is 0. The van der Waals surface area contributed by atoms with E-state index in [0.29, 0.717) is 0 Å². The van der Waals surface area contributed by atoms with Gasteiger partial charge in [0, 0.05) is 115 Å². The van der Waals surface area contributed by atoms with Crippen LogP contribution in [0.1, 0.15) is 126 Å². The first-order chi connectivity index (χ1) is 10.0. The molecule has 0 bridgehead atoms. The molecule has 298 valence electrons. The normalized spacial score (nSPS) is 1.46. The van der Waals surface area contributed by atoms with E-state index in [1.165, 1.54) is 0 Å². The average molecular weight is 903 g/mol. The summed E-state index contributed by atoms with van der Waals surface area (Å²) in [5.41, 5.74) is 0. The molecule has 2 radical (unpaired) electrons. The molecule has 0 saturated heterocycles. The first-order valence-corrected chi connectivity index (χ1v) is 12.1. The molecule has 7 N–H and O–H groups in total. The molecule has 7 nitrogen and oxygen atoms in total. The van der Waals surface area contributed by atoms with E-state index in [0.717, 1.165) is 49.8 Å². The second kappa shape index (κ2) is 4150. The monoisotopic (exact) mass is 903 g/mol. The van der Waals surface area contributed by atoms with Crippen molar-refractivity contribution in [1.29, 1.82) is 0 Å². The average Bonchev–Trinajstić information content (AvgIpc) is 2.71. The molecule has 0 amide bonds. The van der Waals surface area contributed by atoms with Crippen LogP contribution in [-0.2, 0) is 65.4 Å². The Kier molecular flexibility index (Phi) is 43300.